The number of nitrogens with one attached hydrogen (secondary N) is 1. The molecular formula is C32H38BrNO8. The second kappa shape index (κ2) is 14.1. The van der Waals surface area contributed by atoms with Crippen LogP contribution in [0, 0.1) is 0 Å². The molecule has 0 unspecified atom stereocenters. The SMILES string of the molecule is CCOCCOC(=O)C1=C(C)NC2=C(C(=O)C[C@H](c3ccc(OC)c(OC)c3)C2)[C@H]1c1cc(Br)c(OC)c(OCC)c1. The van der Waals surface area contributed by atoms with Crippen molar-refractivity contribution in [3.63, 3.8) is 0 Å². The molecule has 0 aromatic heterocycles. The summed E-state index contributed by atoms with van der Waals surface area (Å²) in [6, 6.07) is 9.44. The Morgan fingerprint density at radius 2 is 1.67 bits per heavy atom. The van der Waals surface area contributed by atoms with Gasteiger partial charge in [-0.2, -0.15) is 0 Å². The molecule has 9 nitrogen and oxygen atoms in total. The molecular weight excluding hydrogens is 606 g/mol. The molecule has 226 valence electrons. The molecule has 0 saturated heterocycles. The molecule has 0 amide bonds. The summed E-state index contributed by atoms with van der Waals surface area (Å²) in [5.41, 5.74) is 4.03. The summed E-state index contributed by atoms with van der Waals surface area (Å²) in [6.07, 6.45) is 0.848. The van der Waals surface area contributed by atoms with Gasteiger partial charge in [-0.15, -0.1) is 0 Å². The number of carbonyl (C=O) groups is 2. The number of dihydropyridines is 1. The lowest BCUT2D eigenvalue weighted by molar-refractivity contribution is -0.140. The smallest absolute Gasteiger partial charge is 0.336 e. The van der Waals surface area contributed by atoms with E-state index in [1.54, 1.807) is 21.3 Å². The first-order chi connectivity index (χ1) is 20.3. The van der Waals surface area contributed by atoms with Crippen LogP contribution < -0.4 is 24.3 Å². The molecule has 0 saturated carbocycles. The minimum atomic E-state index is -0.666. The zero-order chi connectivity index (χ0) is 30.4. The monoisotopic (exact) mass is 643 g/mol. The first-order valence-electron chi connectivity index (χ1n) is 14.0. The van der Waals surface area contributed by atoms with Gasteiger partial charge in [0, 0.05) is 35.9 Å². The van der Waals surface area contributed by atoms with Crippen molar-refractivity contribution in [3.05, 3.63) is 68.5 Å². The third-order valence-electron chi connectivity index (χ3n) is 7.46. The Morgan fingerprint density at radius 1 is 0.929 bits per heavy atom. The van der Waals surface area contributed by atoms with Gasteiger partial charge >= 0.3 is 5.97 Å². The molecule has 0 radical (unpaired) electrons. The van der Waals surface area contributed by atoms with Gasteiger partial charge in [0.25, 0.3) is 0 Å². The first-order valence-corrected chi connectivity index (χ1v) is 14.8. The Bertz CT molecular complexity index is 1400. The lowest BCUT2D eigenvalue weighted by Crippen LogP contribution is -2.36. The van der Waals surface area contributed by atoms with Crippen LogP contribution in [0.5, 0.6) is 23.0 Å². The molecule has 1 aliphatic carbocycles. The van der Waals surface area contributed by atoms with Crippen LogP contribution in [-0.2, 0) is 19.1 Å². The van der Waals surface area contributed by atoms with Crippen molar-refractivity contribution in [3.8, 4) is 23.0 Å². The van der Waals surface area contributed by atoms with E-state index in [4.69, 9.17) is 28.4 Å². The predicted octanol–water partition coefficient (Wildman–Crippen LogP) is 5.81. The number of allylic oxidation sites excluding steroid dienone is 3. The van der Waals surface area contributed by atoms with Crippen LogP contribution in [-0.4, -0.2) is 59.5 Å². The fourth-order valence-corrected chi connectivity index (χ4v) is 6.24. The van der Waals surface area contributed by atoms with E-state index >= 15 is 0 Å². The fraction of sp³-hybridized carbons (Fsp3) is 0.438. The van der Waals surface area contributed by atoms with Crippen molar-refractivity contribution in [1.82, 2.24) is 5.32 Å². The summed E-state index contributed by atoms with van der Waals surface area (Å²) >= 11 is 3.60. The quantitative estimate of drug-likeness (QED) is 0.227. The van der Waals surface area contributed by atoms with Crippen molar-refractivity contribution in [2.75, 3.05) is 47.8 Å². The van der Waals surface area contributed by atoms with Crippen LogP contribution in [0.1, 0.15) is 56.6 Å². The van der Waals surface area contributed by atoms with Crippen molar-refractivity contribution in [2.24, 2.45) is 0 Å². The second-order valence-electron chi connectivity index (χ2n) is 9.93. The van der Waals surface area contributed by atoms with Crippen LogP contribution in [0.25, 0.3) is 0 Å². The number of benzene rings is 2. The van der Waals surface area contributed by atoms with Gasteiger partial charge in [0.2, 0.25) is 0 Å². The number of ketones is 1. The summed E-state index contributed by atoms with van der Waals surface area (Å²) in [6.45, 7) is 6.93. The van der Waals surface area contributed by atoms with E-state index in [1.807, 2.05) is 51.1 Å². The molecule has 2 aromatic rings. The lowest BCUT2D eigenvalue weighted by atomic mass is 9.71. The maximum absolute atomic E-state index is 14.1. The largest absolute Gasteiger partial charge is 0.493 e. The molecule has 42 heavy (non-hydrogen) atoms. The van der Waals surface area contributed by atoms with Crippen LogP contribution >= 0.6 is 15.9 Å². The molecule has 2 aliphatic rings. The zero-order valence-electron chi connectivity index (χ0n) is 24.9. The van der Waals surface area contributed by atoms with E-state index in [9.17, 15) is 9.59 Å². The minimum absolute atomic E-state index is 0.0504. The summed E-state index contributed by atoms with van der Waals surface area (Å²) in [4.78, 5) is 27.6. The highest BCUT2D eigenvalue weighted by Crippen LogP contribution is 2.49. The Balaban J connectivity index is 1.80. The Kier molecular flexibility index (Phi) is 10.6. The number of carbonyl (C=O) groups excluding carboxylic acids is 2. The molecule has 0 bridgehead atoms. The summed E-state index contributed by atoms with van der Waals surface area (Å²) in [5, 5.41) is 3.39. The predicted molar refractivity (Wildman–Crippen MR) is 161 cm³/mol. The Labute approximate surface area is 255 Å². The van der Waals surface area contributed by atoms with Gasteiger partial charge in [-0.25, -0.2) is 4.79 Å². The van der Waals surface area contributed by atoms with Crippen LogP contribution in [0.4, 0.5) is 0 Å². The van der Waals surface area contributed by atoms with Crippen LogP contribution in [0.3, 0.4) is 0 Å². The average Bonchev–Trinajstić information content (AvgIpc) is 2.98. The molecule has 1 N–H and O–H groups in total. The van der Waals surface area contributed by atoms with Crippen molar-refractivity contribution in [1.29, 1.82) is 0 Å². The number of methoxy groups -OCH3 is 3. The number of Topliss-reactive ketones (excluding diaryl/α,β-unsaturated/α-hetero) is 1. The molecule has 0 spiro atoms. The Hall–Kier alpha value is -3.50. The maximum atomic E-state index is 14.1. The summed E-state index contributed by atoms with van der Waals surface area (Å²) in [7, 11) is 4.75. The lowest BCUT2D eigenvalue weighted by Gasteiger charge is -2.37. The van der Waals surface area contributed by atoms with Gasteiger partial charge in [-0.3, -0.25) is 4.79 Å². The third kappa shape index (κ3) is 6.44. The number of ether oxygens (including phenoxy) is 6. The van der Waals surface area contributed by atoms with Gasteiger partial charge in [-0.1, -0.05) is 6.07 Å². The number of halogens is 1. The van der Waals surface area contributed by atoms with E-state index in [-0.39, 0.29) is 31.3 Å². The van der Waals surface area contributed by atoms with Crippen molar-refractivity contribution < 1.29 is 38.0 Å². The summed E-state index contributed by atoms with van der Waals surface area (Å²) < 4.78 is 34.0. The zero-order valence-corrected chi connectivity index (χ0v) is 26.5. The molecule has 2 aromatic carbocycles. The van der Waals surface area contributed by atoms with Gasteiger partial charge in [0.05, 0.1) is 44.6 Å². The highest BCUT2D eigenvalue weighted by molar-refractivity contribution is 9.10. The number of hydrogen-bond acceptors (Lipinski definition) is 9. The molecule has 0 fully saturated rings. The average molecular weight is 645 g/mol. The van der Waals surface area contributed by atoms with E-state index in [0.717, 1.165) is 11.3 Å². The number of hydrogen-bond donors (Lipinski definition) is 1. The minimum Gasteiger partial charge on any atom is -0.493 e. The van der Waals surface area contributed by atoms with Gasteiger partial charge in [0.15, 0.2) is 28.8 Å². The maximum Gasteiger partial charge on any atom is 0.336 e. The van der Waals surface area contributed by atoms with E-state index in [0.29, 0.717) is 69.5 Å². The van der Waals surface area contributed by atoms with Gasteiger partial charge in [-0.05, 0) is 84.4 Å². The third-order valence-corrected chi connectivity index (χ3v) is 8.05. The number of esters is 1. The molecule has 1 aliphatic heterocycles. The topological polar surface area (TPSA) is 102 Å². The van der Waals surface area contributed by atoms with Gasteiger partial charge in [0.1, 0.15) is 6.61 Å². The van der Waals surface area contributed by atoms with Crippen molar-refractivity contribution in [2.45, 2.75) is 45.4 Å². The molecule has 10 heteroatoms. The summed E-state index contributed by atoms with van der Waals surface area (Å²) in [5.74, 6) is 0.977. The van der Waals surface area contributed by atoms with Crippen LogP contribution in [0.15, 0.2) is 57.3 Å². The van der Waals surface area contributed by atoms with Crippen molar-refractivity contribution >= 4 is 27.7 Å². The molecule has 2 atom stereocenters. The molecule has 1 heterocycles. The number of rotatable bonds is 12. The first kappa shape index (κ1) is 31.4. The standard InChI is InChI=1S/C32H38BrNO8/c1-7-40-11-12-42-32(36)28-18(3)34-23-14-20(19-9-10-25(37-4)26(16-19)38-5)15-24(35)30(23)29(28)21-13-22(33)31(39-6)27(17-21)41-8-2/h9-10,13,16-17,20,29,34H,7-8,11-12,14-15H2,1-6H3/t20-,29+/m1/s1. The Morgan fingerprint density at radius 3 is 2.33 bits per heavy atom. The molecule has 4 rings (SSSR count). The van der Waals surface area contributed by atoms with Gasteiger partial charge < -0.3 is 33.7 Å². The van der Waals surface area contributed by atoms with E-state index in [2.05, 4.69) is 21.2 Å². The fourth-order valence-electron chi connectivity index (χ4n) is 5.62. The second-order valence-corrected chi connectivity index (χ2v) is 10.8. The van der Waals surface area contributed by atoms with Crippen LogP contribution in [0.2, 0.25) is 0 Å². The van der Waals surface area contributed by atoms with E-state index < -0.39 is 11.9 Å². The normalized spacial score (nSPS) is 18.3. The highest BCUT2D eigenvalue weighted by Gasteiger charge is 2.42. The van der Waals surface area contributed by atoms with E-state index in [1.165, 1.54) is 0 Å². The highest BCUT2D eigenvalue weighted by atomic mass is 79.9.